The molecule has 0 aliphatic carbocycles. The second-order valence-corrected chi connectivity index (χ2v) is 22.7. The molecule has 61 heavy (non-hydrogen) atoms. The van der Waals surface area contributed by atoms with Crippen molar-refractivity contribution in [3.63, 3.8) is 0 Å². The Bertz CT molecular complexity index is 1990. The summed E-state index contributed by atoms with van der Waals surface area (Å²) in [7, 11) is -2.96. The molecule has 8 rings (SSSR count). The Morgan fingerprint density at radius 2 is 0.656 bits per heavy atom. The number of ether oxygens (including phenoxy) is 4. The molecular formula is C38H36F12O6P2PdSb2. The Morgan fingerprint density at radius 1 is 0.426 bits per heavy atom. The van der Waals surface area contributed by atoms with E-state index in [1.165, 1.54) is 31.8 Å². The van der Waals surface area contributed by atoms with Gasteiger partial charge in [-0.05, 0) is 72.8 Å². The summed E-state index contributed by atoms with van der Waals surface area (Å²) in [6.45, 7) is 0.364. The molecule has 6 nitrogen and oxygen atoms in total. The van der Waals surface area contributed by atoms with Gasteiger partial charge in [-0.15, -0.1) is 0 Å². The molecule has 2 heterocycles. The zero-order valence-corrected chi connectivity index (χ0v) is 39.7. The van der Waals surface area contributed by atoms with Gasteiger partial charge in [0.2, 0.25) is 13.6 Å². The van der Waals surface area contributed by atoms with E-state index in [1.807, 2.05) is 0 Å². The van der Waals surface area contributed by atoms with Crippen molar-refractivity contribution in [2.75, 3.05) is 13.6 Å². The van der Waals surface area contributed by atoms with E-state index in [9.17, 15) is 25.3 Å². The third-order valence-electron chi connectivity index (χ3n) is 8.12. The first-order valence-electron chi connectivity index (χ1n) is 16.3. The van der Waals surface area contributed by atoms with Gasteiger partial charge in [-0.2, -0.15) is 0 Å². The van der Waals surface area contributed by atoms with Crippen molar-refractivity contribution in [3.05, 3.63) is 146 Å². The molecule has 2 aliphatic heterocycles. The number of fused-ring (bicyclic) bond motifs is 2. The van der Waals surface area contributed by atoms with Crippen LogP contribution in [0.5, 0.6) is 23.0 Å². The zero-order valence-electron chi connectivity index (χ0n) is 30.7. The Hall–Kier alpha value is -3.24. The third-order valence-corrected chi connectivity index (χ3v) is 13.7. The maximum absolute atomic E-state index is 9.91. The smallest absolute Gasteiger partial charge is 0.231 e. The van der Waals surface area contributed by atoms with Crippen LogP contribution in [0.3, 0.4) is 0 Å². The molecule has 0 radical (unpaired) electrons. The van der Waals surface area contributed by atoms with Crippen LogP contribution in [-0.4, -0.2) is 66.0 Å². The van der Waals surface area contributed by atoms with Gasteiger partial charge in [0.1, 0.15) is 31.8 Å². The van der Waals surface area contributed by atoms with E-state index >= 15 is 0 Å². The van der Waals surface area contributed by atoms with E-state index in [0.717, 1.165) is 34.1 Å². The normalized spacial score (nSPS) is 12.5. The number of halogens is 12. The second-order valence-electron chi connectivity index (χ2n) is 11.7. The fraction of sp³-hybridized carbons (Fsp3) is 0.0526. The van der Waals surface area contributed by atoms with Crippen molar-refractivity contribution in [3.8, 4) is 34.1 Å². The van der Waals surface area contributed by atoms with Gasteiger partial charge in [0.15, 0.2) is 23.0 Å². The second kappa shape index (κ2) is 24.6. The Labute approximate surface area is 369 Å². The average molecular weight is 1230 g/mol. The van der Waals surface area contributed by atoms with Crippen molar-refractivity contribution in [2.24, 2.45) is 0 Å². The van der Waals surface area contributed by atoms with Gasteiger partial charge in [-0.1, -0.05) is 72.8 Å². The molecule has 4 N–H and O–H groups in total. The predicted octanol–water partition coefficient (Wildman–Crippen LogP) is 1.05. The van der Waals surface area contributed by atoms with Crippen LogP contribution < -0.4 is 60.2 Å². The van der Waals surface area contributed by atoms with Gasteiger partial charge in [0, 0.05) is 20.4 Å². The molecule has 0 saturated carbocycles. The van der Waals surface area contributed by atoms with Gasteiger partial charge in [-0.25, -0.2) is 0 Å². The minimum Gasteiger partial charge on any atom is -0.454 e. The summed E-state index contributed by atoms with van der Waals surface area (Å²) in [6.07, 6.45) is 0. The molecule has 0 amide bonds. The first-order chi connectivity index (χ1) is 26.1. The summed E-state index contributed by atoms with van der Waals surface area (Å²) in [5, 5.41) is 7.64. The maximum atomic E-state index is 9.91. The summed E-state index contributed by atoms with van der Waals surface area (Å²) in [6, 6.07) is 51.9. The van der Waals surface area contributed by atoms with Crippen LogP contribution in [0, 0.1) is 0 Å². The molecule has 6 aromatic rings. The first kappa shape index (κ1) is 57.8. The molecule has 0 saturated heterocycles. The molecule has 0 atom stereocenters. The van der Waals surface area contributed by atoms with Crippen LogP contribution in [0.25, 0.3) is 11.1 Å². The zero-order chi connectivity index (χ0) is 39.2. The number of rotatable bonds is 7. The monoisotopic (exact) mass is 1230 g/mol. The van der Waals surface area contributed by atoms with Crippen molar-refractivity contribution in [1.82, 2.24) is 0 Å². The Morgan fingerprint density at radius 3 is 0.885 bits per heavy atom. The van der Waals surface area contributed by atoms with Crippen molar-refractivity contribution in [1.29, 1.82) is 0 Å². The van der Waals surface area contributed by atoms with Gasteiger partial charge >= 0.3 is 66.7 Å². The van der Waals surface area contributed by atoms with Crippen LogP contribution in [0.15, 0.2) is 146 Å². The molecule has 0 fully saturated rings. The Kier molecular flexibility index (Phi) is 23.3. The number of hydrogen-bond acceptors (Lipinski definition) is 4. The van der Waals surface area contributed by atoms with E-state index in [1.54, 1.807) is 0 Å². The molecule has 338 valence electrons. The standard InChI is InChI=1S/C38H28O4P2.12FH.2H2O.Pd.2Sb.H/c1-5-13-27(14-6-1)43(28-15-7-2-8-16-28)33-23-21-31-37(41-25-39-31)35(33)36-34(24-22-32-38(36)42-26-40-32)44(29-17-9-3-10-18-29)30-19-11-4-12-20-30;;;;;;;;;;;;;;;;;;/h1-24H,25-26H2;12*1H;2*1H2;;;;/q;;;;;;;;;;;;;;;;+4;+5;/p-9. The quantitative estimate of drug-likeness (QED) is 0.136. The van der Waals surface area contributed by atoms with Crippen molar-refractivity contribution in [2.45, 2.75) is 0 Å². The van der Waals surface area contributed by atoms with Crippen molar-refractivity contribution >= 4 is 89.1 Å². The van der Waals surface area contributed by atoms with E-state index in [0.29, 0.717) is 0 Å². The van der Waals surface area contributed by atoms with Gasteiger partial charge in [0.05, 0.1) is 27.0 Å². The molecule has 6 aromatic carbocycles. The predicted molar refractivity (Wildman–Crippen MR) is 217 cm³/mol. The van der Waals surface area contributed by atoms with Gasteiger partial charge in [0.25, 0.3) is 0 Å². The summed E-state index contributed by atoms with van der Waals surface area (Å²) < 4.78 is 114. The van der Waals surface area contributed by atoms with Crippen LogP contribution >= 0.6 is 15.8 Å². The summed E-state index contributed by atoms with van der Waals surface area (Å²) in [5.41, 5.74) is 2.07. The maximum Gasteiger partial charge on any atom is 0.231 e. The van der Waals surface area contributed by atoms with Crippen LogP contribution in [0.2, 0.25) is 0 Å². The molecule has 0 aromatic heterocycles. The fourth-order valence-electron chi connectivity index (χ4n) is 6.23. The number of benzene rings is 6. The fourth-order valence-corrected chi connectivity index (χ4v) is 11.7. The summed E-state index contributed by atoms with van der Waals surface area (Å²) >= 11 is -16.4. The van der Waals surface area contributed by atoms with Gasteiger partial charge < -0.3 is 39.3 Å². The first-order valence-corrected chi connectivity index (χ1v) is 28.4. The average Bonchev–Trinajstić information content (AvgIpc) is 3.83. The molecular weight excluding hydrogens is 1190 g/mol. The van der Waals surface area contributed by atoms with Crippen LogP contribution in [0.1, 0.15) is 0 Å². The van der Waals surface area contributed by atoms with Crippen molar-refractivity contribution < 1.29 is 89.8 Å². The van der Waals surface area contributed by atoms with E-state index in [-0.39, 0.29) is 59.1 Å². The minimum atomic E-state index is -9.19. The summed E-state index contributed by atoms with van der Waals surface area (Å²) in [4.78, 5) is 0. The topological polar surface area (TPSA) is 99.9 Å². The van der Waals surface area contributed by atoms with E-state index in [4.69, 9.17) is 18.9 Å². The van der Waals surface area contributed by atoms with Crippen LogP contribution in [0.4, 0.5) is 30.0 Å². The third kappa shape index (κ3) is 16.1. The molecule has 0 spiro atoms. The van der Waals surface area contributed by atoms with E-state index < -0.39 is 57.3 Å². The minimum absolute atomic E-state index is 0. The molecule has 0 bridgehead atoms. The van der Waals surface area contributed by atoms with Gasteiger partial charge in [-0.3, -0.25) is 4.70 Å². The Balaban J connectivity index is 0.00000190. The summed E-state index contributed by atoms with van der Waals surface area (Å²) in [5.74, 6) is 3.04. The molecule has 0 unspecified atom stereocenters. The SMILES string of the molecule is F.O.O.[F-].[F-].[F][SbH]([F])([F])[F].[F][Sb]([F])([F])([F])[F].[Pd].c1ccc([PH+](c2ccccc2)c2ccc3c(c2-c2c([PH+](c4ccccc4)c4ccccc4)ccc4c2OCO4)OCO3)cc1. The molecule has 23 heteroatoms. The van der Waals surface area contributed by atoms with Crippen LogP contribution in [-0.2, 0) is 20.4 Å². The van der Waals surface area contributed by atoms with E-state index in [2.05, 4.69) is 146 Å². The largest absolute Gasteiger partial charge is 0.454 e. The molecule has 2 aliphatic rings. The number of hydrogen-bond donors (Lipinski definition) is 0.